The maximum atomic E-state index is 11.8. The first-order chi connectivity index (χ1) is 7.71. The van der Waals surface area contributed by atoms with Gasteiger partial charge in [0, 0.05) is 0 Å². The molecule has 0 saturated carbocycles. The number of alkyl halides is 3. The highest BCUT2D eigenvalue weighted by Crippen LogP contribution is 2.26. The van der Waals surface area contributed by atoms with E-state index in [2.05, 4.69) is 4.98 Å². The number of carbonyl (C=O) groups is 1. The lowest BCUT2D eigenvalue weighted by Gasteiger charge is -2.07. The normalized spacial score (nSPS) is 11.0. The van der Waals surface area contributed by atoms with Gasteiger partial charge < -0.3 is 5.11 Å². The standard InChI is InChI=1S/C7H4F3N3O4/c8-7(9,10)6(15)12-5-4(14)1-3(2-11-5)13(16)17/h1-2,14H,(H,11,12,15). The number of aromatic nitrogens is 1. The molecule has 0 aromatic carbocycles. The Morgan fingerprint density at radius 1 is 1.53 bits per heavy atom. The Morgan fingerprint density at radius 3 is 2.53 bits per heavy atom. The quantitative estimate of drug-likeness (QED) is 0.606. The number of nitrogens with zero attached hydrogens (tertiary/aromatic N) is 2. The zero-order chi connectivity index (χ0) is 13.2. The fourth-order valence-corrected chi connectivity index (χ4v) is 0.817. The van der Waals surface area contributed by atoms with E-state index in [1.165, 1.54) is 5.32 Å². The molecule has 1 rings (SSSR count). The molecule has 0 spiro atoms. The van der Waals surface area contributed by atoms with Crippen LogP contribution >= 0.6 is 0 Å². The van der Waals surface area contributed by atoms with Crippen molar-refractivity contribution in [3.05, 3.63) is 22.4 Å². The average Bonchev–Trinajstić information content (AvgIpc) is 2.19. The second-order valence-corrected chi connectivity index (χ2v) is 2.77. The number of halogens is 3. The van der Waals surface area contributed by atoms with E-state index < -0.39 is 34.3 Å². The molecule has 0 unspecified atom stereocenters. The van der Waals surface area contributed by atoms with Crippen LogP contribution in [0.3, 0.4) is 0 Å². The van der Waals surface area contributed by atoms with Crippen LogP contribution in [0.1, 0.15) is 0 Å². The third-order valence-corrected chi connectivity index (χ3v) is 1.55. The minimum atomic E-state index is -5.14. The third-order valence-electron chi connectivity index (χ3n) is 1.55. The minimum absolute atomic E-state index is 0.568. The van der Waals surface area contributed by atoms with Gasteiger partial charge in [0.25, 0.3) is 5.69 Å². The molecule has 0 fully saturated rings. The van der Waals surface area contributed by atoms with Gasteiger partial charge in [-0.25, -0.2) is 4.98 Å². The number of pyridine rings is 1. The van der Waals surface area contributed by atoms with Crippen LogP contribution in [0.2, 0.25) is 0 Å². The SMILES string of the molecule is O=C(Nc1ncc([N+](=O)[O-])cc1O)C(F)(F)F. The molecule has 0 aliphatic heterocycles. The van der Waals surface area contributed by atoms with E-state index in [4.69, 9.17) is 5.11 Å². The largest absolute Gasteiger partial charge is 0.504 e. The molecule has 1 aromatic heterocycles. The van der Waals surface area contributed by atoms with Gasteiger partial charge >= 0.3 is 12.1 Å². The highest BCUT2D eigenvalue weighted by Gasteiger charge is 2.39. The van der Waals surface area contributed by atoms with Gasteiger partial charge in [-0.1, -0.05) is 0 Å². The van der Waals surface area contributed by atoms with Crippen LogP contribution in [0.5, 0.6) is 5.75 Å². The summed E-state index contributed by atoms with van der Waals surface area (Å²) in [7, 11) is 0. The van der Waals surface area contributed by atoms with Crippen molar-refractivity contribution in [2.24, 2.45) is 0 Å². The molecule has 0 bridgehead atoms. The molecule has 0 aliphatic carbocycles. The average molecular weight is 251 g/mol. The van der Waals surface area contributed by atoms with Crippen molar-refractivity contribution in [2.45, 2.75) is 6.18 Å². The molecule has 17 heavy (non-hydrogen) atoms. The molecule has 1 amide bonds. The highest BCUT2D eigenvalue weighted by atomic mass is 19.4. The van der Waals surface area contributed by atoms with Crippen LogP contribution < -0.4 is 5.32 Å². The topological polar surface area (TPSA) is 105 Å². The van der Waals surface area contributed by atoms with Gasteiger partial charge in [-0.15, -0.1) is 0 Å². The van der Waals surface area contributed by atoms with Crippen LogP contribution in [-0.4, -0.2) is 27.1 Å². The van der Waals surface area contributed by atoms with Crippen molar-refractivity contribution >= 4 is 17.4 Å². The maximum absolute atomic E-state index is 11.8. The van der Waals surface area contributed by atoms with Gasteiger partial charge in [0.15, 0.2) is 11.6 Å². The first kappa shape index (κ1) is 12.7. The second-order valence-electron chi connectivity index (χ2n) is 2.77. The van der Waals surface area contributed by atoms with Gasteiger partial charge in [-0.2, -0.15) is 13.2 Å². The molecular formula is C7H4F3N3O4. The van der Waals surface area contributed by atoms with Gasteiger partial charge in [-0.05, 0) is 0 Å². The third kappa shape index (κ3) is 3.03. The number of aromatic hydroxyl groups is 1. The monoisotopic (exact) mass is 251 g/mol. The van der Waals surface area contributed by atoms with Crippen molar-refractivity contribution in [3.8, 4) is 5.75 Å². The molecule has 0 aliphatic rings. The summed E-state index contributed by atoms with van der Waals surface area (Å²) in [6, 6.07) is 0.568. The summed E-state index contributed by atoms with van der Waals surface area (Å²) in [6.07, 6.45) is -4.54. The second kappa shape index (κ2) is 4.23. The maximum Gasteiger partial charge on any atom is 0.471 e. The molecule has 10 heteroatoms. The van der Waals surface area contributed by atoms with Gasteiger partial charge in [0.1, 0.15) is 6.20 Å². The Labute approximate surface area is 91.0 Å². The number of hydrogen-bond donors (Lipinski definition) is 2. The van der Waals surface area contributed by atoms with E-state index in [1.807, 2.05) is 0 Å². The van der Waals surface area contributed by atoms with E-state index >= 15 is 0 Å². The molecular weight excluding hydrogens is 247 g/mol. The molecule has 92 valence electrons. The van der Waals surface area contributed by atoms with Crippen LogP contribution in [0.4, 0.5) is 24.7 Å². The highest BCUT2D eigenvalue weighted by molar-refractivity contribution is 5.95. The lowest BCUT2D eigenvalue weighted by Crippen LogP contribution is -2.30. The molecule has 7 nitrogen and oxygen atoms in total. The number of carbonyl (C=O) groups excluding carboxylic acids is 1. The zero-order valence-electron chi connectivity index (χ0n) is 7.85. The number of amides is 1. The molecule has 0 saturated heterocycles. The fourth-order valence-electron chi connectivity index (χ4n) is 0.817. The Bertz CT molecular complexity index is 474. The molecule has 2 N–H and O–H groups in total. The lowest BCUT2D eigenvalue weighted by atomic mass is 10.3. The minimum Gasteiger partial charge on any atom is -0.504 e. The molecule has 0 atom stereocenters. The van der Waals surface area contributed by atoms with E-state index in [9.17, 15) is 28.1 Å². The van der Waals surface area contributed by atoms with Gasteiger partial charge in [0.2, 0.25) is 0 Å². The van der Waals surface area contributed by atoms with Crippen molar-refractivity contribution in [1.29, 1.82) is 0 Å². The van der Waals surface area contributed by atoms with Crippen LogP contribution in [0, 0.1) is 10.1 Å². The predicted molar refractivity (Wildman–Crippen MR) is 47.2 cm³/mol. The molecule has 1 aromatic rings. The molecule has 1 heterocycles. The smallest absolute Gasteiger partial charge is 0.471 e. The van der Waals surface area contributed by atoms with Gasteiger partial charge in [-0.3, -0.25) is 20.2 Å². The number of nitro groups is 1. The summed E-state index contributed by atoms with van der Waals surface area (Å²) in [5, 5.41) is 20.6. The Morgan fingerprint density at radius 2 is 2.12 bits per heavy atom. The number of anilines is 1. The van der Waals surface area contributed by atoms with Crippen LogP contribution in [0.15, 0.2) is 12.3 Å². The lowest BCUT2D eigenvalue weighted by molar-refractivity contribution is -0.385. The summed E-state index contributed by atoms with van der Waals surface area (Å²) in [4.78, 5) is 22.9. The first-order valence-electron chi connectivity index (χ1n) is 3.93. The number of nitrogens with one attached hydrogen (secondary N) is 1. The van der Waals surface area contributed by atoms with Crippen molar-refractivity contribution in [2.75, 3.05) is 5.32 Å². The van der Waals surface area contributed by atoms with Crippen LogP contribution in [0.25, 0.3) is 0 Å². The fraction of sp³-hybridized carbons (Fsp3) is 0.143. The summed E-state index contributed by atoms with van der Waals surface area (Å²) < 4.78 is 35.5. The predicted octanol–water partition coefficient (Wildman–Crippen LogP) is 1.20. The summed E-state index contributed by atoms with van der Waals surface area (Å²) in [5.74, 6) is -4.08. The number of rotatable bonds is 2. The Hall–Kier alpha value is -2.39. The van der Waals surface area contributed by atoms with Crippen molar-refractivity contribution in [1.82, 2.24) is 4.98 Å². The summed E-state index contributed by atoms with van der Waals surface area (Å²) in [6.45, 7) is 0. The zero-order valence-corrected chi connectivity index (χ0v) is 7.85. The van der Waals surface area contributed by atoms with E-state index in [0.29, 0.717) is 12.3 Å². The van der Waals surface area contributed by atoms with Gasteiger partial charge in [0.05, 0.1) is 11.0 Å². The number of hydrogen-bond acceptors (Lipinski definition) is 5. The summed E-state index contributed by atoms with van der Waals surface area (Å²) >= 11 is 0. The Balaban J connectivity index is 2.95. The Kier molecular flexibility index (Phi) is 3.16. The van der Waals surface area contributed by atoms with E-state index in [0.717, 1.165) is 0 Å². The van der Waals surface area contributed by atoms with Crippen LogP contribution in [-0.2, 0) is 4.79 Å². The van der Waals surface area contributed by atoms with Crippen molar-refractivity contribution < 1.29 is 28.0 Å². The first-order valence-corrected chi connectivity index (χ1v) is 3.93. The molecule has 0 radical (unpaired) electrons. The summed E-state index contributed by atoms with van der Waals surface area (Å²) in [5.41, 5.74) is -0.618. The van der Waals surface area contributed by atoms with Crippen molar-refractivity contribution in [3.63, 3.8) is 0 Å². The van der Waals surface area contributed by atoms with E-state index in [-0.39, 0.29) is 0 Å². The van der Waals surface area contributed by atoms with E-state index in [1.54, 1.807) is 0 Å².